The number of aliphatic hydroxyl groups excluding tert-OH is 1. The van der Waals surface area contributed by atoms with E-state index in [0.29, 0.717) is 6.54 Å². The molecular formula is C16H26N2O3. The van der Waals surface area contributed by atoms with Gasteiger partial charge in [0.2, 0.25) is 0 Å². The lowest BCUT2D eigenvalue weighted by Gasteiger charge is -2.23. The number of nitrogens with zero attached hydrogens (tertiary/aromatic N) is 1. The second-order valence-electron chi connectivity index (χ2n) is 5.64. The molecule has 2 N–H and O–H groups in total. The predicted molar refractivity (Wildman–Crippen MR) is 83.5 cm³/mol. The van der Waals surface area contributed by atoms with Crippen molar-refractivity contribution in [3.8, 4) is 5.75 Å². The average Bonchev–Trinajstić information content (AvgIpc) is 2.37. The summed E-state index contributed by atoms with van der Waals surface area (Å²) in [5, 5.41) is 12.2. The minimum absolute atomic E-state index is 0.113. The van der Waals surface area contributed by atoms with Gasteiger partial charge in [0.05, 0.1) is 18.2 Å². The number of likely N-dealkylation sites (N-methyl/N-ethyl adjacent to an activating group) is 1. The van der Waals surface area contributed by atoms with Crippen LogP contribution >= 0.6 is 0 Å². The minimum Gasteiger partial charge on any atom is -0.491 e. The van der Waals surface area contributed by atoms with E-state index in [9.17, 15) is 9.90 Å². The number of hydrogen-bond acceptors (Lipinski definition) is 3. The van der Waals surface area contributed by atoms with Gasteiger partial charge in [0.15, 0.2) is 0 Å². The van der Waals surface area contributed by atoms with Crippen molar-refractivity contribution in [2.24, 2.45) is 0 Å². The van der Waals surface area contributed by atoms with Gasteiger partial charge < -0.3 is 20.1 Å². The fraction of sp³-hybridized carbons (Fsp3) is 0.562. The predicted octanol–water partition coefficient (Wildman–Crippen LogP) is 2.56. The maximum Gasteiger partial charge on any atom is 0.317 e. The molecule has 0 fully saturated rings. The van der Waals surface area contributed by atoms with Gasteiger partial charge in [-0.25, -0.2) is 4.79 Å². The molecule has 0 bridgehead atoms. The van der Waals surface area contributed by atoms with Crippen LogP contribution in [0.5, 0.6) is 5.75 Å². The molecule has 118 valence electrons. The molecule has 2 atom stereocenters. The van der Waals surface area contributed by atoms with Crippen molar-refractivity contribution in [2.45, 2.75) is 45.9 Å². The first kappa shape index (κ1) is 17.3. The molecule has 0 heterocycles. The van der Waals surface area contributed by atoms with E-state index in [4.69, 9.17) is 4.74 Å². The SMILES string of the molecule is CC(O)CN(C)C(=O)NC(C)c1cccc(OC(C)C)c1. The summed E-state index contributed by atoms with van der Waals surface area (Å²) in [6, 6.07) is 7.35. The molecule has 0 aliphatic rings. The molecule has 0 saturated heterocycles. The lowest BCUT2D eigenvalue weighted by Crippen LogP contribution is -2.41. The van der Waals surface area contributed by atoms with Crippen LogP contribution in [0.3, 0.4) is 0 Å². The lowest BCUT2D eigenvalue weighted by atomic mass is 10.1. The molecule has 0 aliphatic carbocycles. The highest BCUT2D eigenvalue weighted by Crippen LogP contribution is 2.20. The van der Waals surface area contributed by atoms with Gasteiger partial charge in [-0.05, 0) is 45.4 Å². The Hall–Kier alpha value is -1.75. The van der Waals surface area contributed by atoms with E-state index in [1.807, 2.05) is 45.0 Å². The van der Waals surface area contributed by atoms with Crippen molar-refractivity contribution in [3.05, 3.63) is 29.8 Å². The second kappa shape index (κ2) is 7.88. The summed E-state index contributed by atoms with van der Waals surface area (Å²) in [6.45, 7) is 7.82. The average molecular weight is 294 g/mol. The highest BCUT2D eigenvalue weighted by atomic mass is 16.5. The fourth-order valence-electron chi connectivity index (χ4n) is 1.99. The Bertz CT molecular complexity index is 461. The number of aliphatic hydroxyl groups is 1. The Labute approximate surface area is 126 Å². The Kier molecular flexibility index (Phi) is 6.49. The summed E-state index contributed by atoms with van der Waals surface area (Å²) in [7, 11) is 1.66. The van der Waals surface area contributed by atoms with Gasteiger partial charge in [-0.1, -0.05) is 12.1 Å². The highest BCUT2D eigenvalue weighted by molar-refractivity contribution is 5.74. The van der Waals surface area contributed by atoms with Crippen LogP contribution < -0.4 is 10.1 Å². The highest BCUT2D eigenvalue weighted by Gasteiger charge is 2.15. The number of hydrogen-bond donors (Lipinski definition) is 2. The van der Waals surface area contributed by atoms with Gasteiger partial charge in [0, 0.05) is 13.6 Å². The molecule has 5 heteroatoms. The smallest absolute Gasteiger partial charge is 0.317 e. The summed E-state index contributed by atoms with van der Waals surface area (Å²) in [5.74, 6) is 0.793. The standard InChI is InChI=1S/C16H26N2O3/c1-11(2)21-15-8-6-7-14(9-15)13(4)17-16(20)18(5)10-12(3)19/h6-9,11-13,19H,10H2,1-5H3,(H,17,20). The van der Waals surface area contributed by atoms with E-state index in [1.165, 1.54) is 4.90 Å². The summed E-state index contributed by atoms with van der Waals surface area (Å²) < 4.78 is 5.65. The van der Waals surface area contributed by atoms with Crippen LogP contribution in [0.25, 0.3) is 0 Å². The van der Waals surface area contributed by atoms with Crippen LogP contribution in [-0.2, 0) is 0 Å². The third-order valence-corrected chi connectivity index (χ3v) is 2.95. The van der Waals surface area contributed by atoms with Crippen LogP contribution in [-0.4, -0.2) is 41.8 Å². The van der Waals surface area contributed by atoms with E-state index in [2.05, 4.69) is 5.32 Å². The number of benzene rings is 1. The molecule has 0 saturated carbocycles. The van der Waals surface area contributed by atoms with Crippen molar-refractivity contribution < 1.29 is 14.6 Å². The first-order chi connectivity index (χ1) is 9.79. The molecule has 0 aromatic heterocycles. The van der Waals surface area contributed by atoms with E-state index < -0.39 is 6.10 Å². The minimum atomic E-state index is -0.543. The van der Waals surface area contributed by atoms with Gasteiger partial charge in [-0.3, -0.25) is 0 Å². The van der Waals surface area contributed by atoms with Crippen LogP contribution in [0.1, 0.15) is 39.3 Å². The van der Waals surface area contributed by atoms with Crippen molar-refractivity contribution in [3.63, 3.8) is 0 Å². The van der Waals surface area contributed by atoms with Crippen molar-refractivity contribution in [2.75, 3.05) is 13.6 Å². The molecule has 5 nitrogen and oxygen atoms in total. The number of ether oxygens (including phenoxy) is 1. The monoisotopic (exact) mass is 294 g/mol. The first-order valence-corrected chi connectivity index (χ1v) is 7.26. The first-order valence-electron chi connectivity index (χ1n) is 7.26. The van der Waals surface area contributed by atoms with Gasteiger partial charge in [-0.15, -0.1) is 0 Å². The quantitative estimate of drug-likeness (QED) is 0.847. The Morgan fingerprint density at radius 2 is 2.00 bits per heavy atom. The zero-order valence-electron chi connectivity index (χ0n) is 13.5. The maximum absolute atomic E-state index is 12.0. The van der Waals surface area contributed by atoms with Gasteiger partial charge in [0.25, 0.3) is 0 Å². The van der Waals surface area contributed by atoms with Crippen LogP contribution in [0.4, 0.5) is 4.79 Å². The molecule has 0 radical (unpaired) electrons. The summed E-state index contributed by atoms with van der Waals surface area (Å²) in [6.07, 6.45) is -0.429. The van der Waals surface area contributed by atoms with Crippen LogP contribution in [0.2, 0.25) is 0 Å². The number of carbonyl (C=O) groups excluding carboxylic acids is 1. The third kappa shape index (κ3) is 6.04. The van der Waals surface area contributed by atoms with Crippen LogP contribution in [0.15, 0.2) is 24.3 Å². The van der Waals surface area contributed by atoms with Crippen molar-refractivity contribution >= 4 is 6.03 Å². The normalized spacial score (nSPS) is 13.7. The van der Waals surface area contributed by atoms with Crippen LogP contribution in [0, 0.1) is 0 Å². The van der Waals surface area contributed by atoms with Gasteiger partial charge in [0.1, 0.15) is 5.75 Å². The molecule has 21 heavy (non-hydrogen) atoms. The largest absolute Gasteiger partial charge is 0.491 e. The second-order valence-corrected chi connectivity index (χ2v) is 5.64. The van der Waals surface area contributed by atoms with Gasteiger partial charge >= 0.3 is 6.03 Å². The fourth-order valence-corrected chi connectivity index (χ4v) is 1.99. The van der Waals surface area contributed by atoms with E-state index in [-0.39, 0.29) is 18.2 Å². The maximum atomic E-state index is 12.0. The number of rotatable bonds is 6. The third-order valence-electron chi connectivity index (χ3n) is 2.95. The van der Waals surface area contributed by atoms with E-state index in [1.54, 1.807) is 14.0 Å². The topological polar surface area (TPSA) is 61.8 Å². The Balaban J connectivity index is 2.66. The molecule has 1 aromatic rings. The number of nitrogens with one attached hydrogen (secondary N) is 1. The van der Waals surface area contributed by atoms with Crippen molar-refractivity contribution in [1.29, 1.82) is 0 Å². The lowest BCUT2D eigenvalue weighted by molar-refractivity contribution is 0.142. The summed E-state index contributed by atoms with van der Waals surface area (Å²) in [5.41, 5.74) is 0.979. The molecule has 0 aliphatic heterocycles. The zero-order valence-corrected chi connectivity index (χ0v) is 13.5. The number of carbonyl (C=O) groups is 1. The summed E-state index contributed by atoms with van der Waals surface area (Å²) in [4.78, 5) is 13.5. The number of urea groups is 1. The molecule has 2 amide bonds. The molecule has 0 spiro atoms. The molecular weight excluding hydrogens is 268 g/mol. The Morgan fingerprint density at radius 1 is 1.33 bits per heavy atom. The number of amides is 2. The zero-order chi connectivity index (χ0) is 16.0. The van der Waals surface area contributed by atoms with Gasteiger partial charge in [-0.2, -0.15) is 0 Å². The molecule has 1 aromatic carbocycles. The van der Waals surface area contributed by atoms with E-state index in [0.717, 1.165) is 11.3 Å². The molecule has 1 rings (SSSR count). The molecule has 2 unspecified atom stereocenters. The van der Waals surface area contributed by atoms with Crippen molar-refractivity contribution in [1.82, 2.24) is 10.2 Å². The van der Waals surface area contributed by atoms with E-state index >= 15 is 0 Å². The summed E-state index contributed by atoms with van der Waals surface area (Å²) >= 11 is 0. The Morgan fingerprint density at radius 3 is 2.57 bits per heavy atom.